The number of halogens is 5. The maximum Gasteiger partial charge on any atom is 0.389 e. The van der Waals surface area contributed by atoms with Gasteiger partial charge in [0.15, 0.2) is 11.6 Å². The van der Waals surface area contributed by atoms with E-state index in [1.165, 1.54) is 0 Å². The fourth-order valence-corrected chi connectivity index (χ4v) is 3.56. The third-order valence-corrected chi connectivity index (χ3v) is 4.87. The summed E-state index contributed by atoms with van der Waals surface area (Å²) < 4.78 is 68.9. The summed E-state index contributed by atoms with van der Waals surface area (Å²) in [6.07, 6.45) is -5.31. The Morgan fingerprint density at radius 1 is 1.33 bits per heavy atom. The molecule has 0 saturated carbocycles. The molecule has 4 nitrogen and oxygen atoms in total. The minimum Gasteiger partial charge on any atom is -0.488 e. The molecule has 1 atom stereocenters. The van der Waals surface area contributed by atoms with Crippen LogP contribution < -0.4 is 10.1 Å². The zero-order valence-electron chi connectivity index (χ0n) is 13.9. The van der Waals surface area contributed by atoms with Gasteiger partial charge in [0.1, 0.15) is 12.4 Å². The number of rotatable bonds is 5. The van der Waals surface area contributed by atoms with E-state index in [1.54, 1.807) is 5.38 Å². The number of alkyl halides is 3. The second-order valence-corrected chi connectivity index (χ2v) is 7.12. The zero-order valence-corrected chi connectivity index (χ0v) is 14.7. The molecule has 1 aliphatic heterocycles. The van der Waals surface area contributed by atoms with Gasteiger partial charge in [0.25, 0.3) is 0 Å². The highest BCUT2D eigenvalue weighted by molar-refractivity contribution is 7.09. The quantitative estimate of drug-likeness (QED) is 0.773. The molecule has 1 aromatic heterocycles. The largest absolute Gasteiger partial charge is 0.488 e. The van der Waals surface area contributed by atoms with Crippen molar-refractivity contribution in [1.29, 1.82) is 0 Å². The van der Waals surface area contributed by atoms with E-state index >= 15 is 0 Å². The molecular formula is C17H15F5N2O2S. The molecule has 0 radical (unpaired) electrons. The molecule has 1 N–H and O–H groups in total. The van der Waals surface area contributed by atoms with Gasteiger partial charge < -0.3 is 10.1 Å². The molecule has 0 saturated heterocycles. The van der Waals surface area contributed by atoms with Crippen molar-refractivity contribution in [3.05, 3.63) is 45.4 Å². The van der Waals surface area contributed by atoms with Crippen LogP contribution in [0, 0.1) is 11.6 Å². The van der Waals surface area contributed by atoms with E-state index in [4.69, 9.17) is 4.74 Å². The molecule has 0 spiro atoms. The molecule has 2 aromatic rings. The third-order valence-electron chi connectivity index (χ3n) is 3.91. The van der Waals surface area contributed by atoms with Gasteiger partial charge in [0.2, 0.25) is 5.91 Å². The number of fused-ring (bicyclic) bond motifs is 1. The molecule has 0 bridgehead atoms. The summed E-state index contributed by atoms with van der Waals surface area (Å²) >= 11 is 1.07. The van der Waals surface area contributed by atoms with Crippen molar-refractivity contribution in [3.8, 4) is 5.75 Å². The normalized spacial score (nSPS) is 16.6. The highest BCUT2D eigenvalue weighted by atomic mass is 32.1. The lowest BCUT2D eigenvalue weighted by Gasteiger charge is -2.26. The average molecular weight is 406 g/mol. The van der Waals surface area contributed by atoms with E-state index in [0.717, 1.165) is 23.5 Å². The van der Waals surface area contributed by atoms with Crippen LogP contribution in [-0.4, -0.2) is 29.7 Å². The van der Waals surface area contributed by atoms with Gasteiger partial charge in [-0.1, -0.05) is 0 Å². The second-order valence-electron chi connectivity index (χ2n) is 6.18. The van der Waals surface area contributed by atoms with Gasteiger partial charge in [-0.25, -0.2) is 13.8 Å². The fraction of sp³-hybridized carbons (Fsp3) is 0.412. The first-order valence-electron chi connectivity index (χ1n) is 8.10. The molecular weight excluding hydrogens is 391 g/mol. The van der Waals surface area contributed by atoms with Crippen LogP contribution in [0.25, 0.3) is 0 Å². The smallest absolute Gasteiger partial charge is 0.389 e. The number of aryl methyl sites for hydroxylation is 1. The van der Waals surface area contributed by atoms with Crippen LogP contribution in [0.15, 0.2) is 17.5 Å². The molecule has 1 aromatic carbocycles. The maximum absolute atomic E-state index is 13.6. The Kier molecular flexibility index (Phi) is 5.64. The van der Waals surface area contributed by atoms with Crippen molar-refractivity contribution in [3.63, 3.8) is 0 Å². The van der Waals surface area contributed by atoms with Crippen LogP contribution in [0.3, 0.4) is 0 Å². The summed E-state index contributed by atoms with van der Waals surface area (Å²) in [4.78, 5) is 16.2. The third kappa shape index (κ3) is 5.38. The Morgan fingerprint density at radius 2 is 2.11 bits per heavy atom. The molecule has 27 heavy (non-hydrogen) atoms. The van der Waals surface area contributed by atoms with E-state index in [1.807, 2.05) is 0 Å². The molecule has 3 rings (SSSR count). The Bertz CT molecular complexity index is 837. The average Bonchev–Trinajstić information content (AvgIpc) is 2.99. The van der Waals surface area contributed by atoms with Crippen LogP contribution in [0.4, 0.5) is 22.0 Å². The molecule has 146 valence electrons. The van der Waals surface area contributed by atoms with Crippen molar-refractivity contribution in [2.45, 2.75) is 37.9 Å². The zero-order chi connectivity index (χ0) is 19.6. The van der Waals surface area contributed by atoms with Crippen molar-refractivity contribution in [2.24, 2.45) is 0 Å². The first kappa shape index (κ1) is 19.5. The SMILES string of the molecule is O=C(Cc1csc(CCC(F)(F)F)n1)NC1COc2c(F)cc(F)cc2C1. The van der Waals surface area contributed by atoms with E-state index < -0.39 is 36.2 Å². The van der Waals surface area contributed by atoms with Gasteiger partial charge in [-0.15, -0.1) is 11.3 Å². The summed E-state index contributed by atoms with van der Waals surface area (Å²) in [5, 5.41) is 4.55. The van der Waals surface area contributed by atoms with Crippen molar-refractivity contribution < 1.29 is 31.5 Å². The van der Waals surface area contributed by atoms with Crippen molar-refractivity contribution >= 4 is 17.2 Å². The highest BCUT2D eigenvalue weighted by Gasteiger charge is 2.27. The predicted octanol–water partition coefficient (Wildman–Crippen LogP) is 3.58. The first-order chi connectivity index (χ1) is 12.7. The Labute approximate surface area is 155 Å². The van der Waals surface area contributed by atoms with E-state index in [0.29, 0.717) is 16.3 Å². The number of hydrogen-bond acceptors (Lipinski definition) is 4. The number of aromatic nitrogens is 1. The lowest BCUT2D eigenvalue weighted by Crippen LogP contribution is -2.43. The monoisotopic (exact) mass is 406 g/mol. The molecule has 10 heteroatoms. The van der Waals surface area contributed by atoms with Crippen LogP contribution in [0.5, 0.6) is 5.75 Å². The number of nitrogens with one attached hydrogen (secondary N) is 1. The number of nitrogens with zero attached hydrogens (tertiary/aromatic N) is 1. The van der Waals surface area contributed by atoms with Gasteiger partial charge in [0, 0.05) is 29.9 Å². The Morgan fingerprint density at radius 3 is 2.85 bits per heavy atom. The fourth-order valence-electron chi connectivity index (χ4n) is 2.76. The lowest BCUT2D eigenvalue weighted by atomic mass is 10.0. The van der Waals surface area contributed by atoms with Crippen LogP contribution in [0.2, 0.25) is 0 Å². The van der Waals surface area contributed by atoms with Crippen LogP contribution in [0.1, 0.15) is 22.7 Å². The summed E-state index contributed by atoms with van der Waals surface area (Å²) in [5.41, 5.74) is 0.705. The summed E-state index contributed by atoms with van der Waals surface area (Å²) in [6, 6.07) is 1.43. The Balaban J connectivity index is 1.53. The van der Waals surface area contributed by atoms with Gasteiger partial charge in [-0.05, 0) is 12.5 Å². The number of ether oxygens (including phenoxy) is 1. The van der Waals surface area contributed by atoms with E-state index in [2.05, 4.69) is 10.3 Å². The molecule has 0 aliphatic carbocycles. The summed E-state index contributed by atoms with van der Waals surface area (Å²) in [6.45, 7) is 0.0369. The highest BCUT2D eigenvalue weighted by Crippen LogP contribution is 2.29. The molecule has 1 unspecified atom stereocenters. The number of carbonyl (C=O) groups is 1. The van der Waals surface area contributed by atoms with Crippen molar-refractivity contribution in [2.75, 3.05) is 6.61 Å². The van der Waals surface area contributed by atoms with Gasteiger partial charge in [0.05, 0.1) is 23.2 Å². The number of benzene rings is 1. The minimum absolute atomic E-state index is 0.0179. The number of amides is 1. The first-order valence-corrected chi connectivity index (χ1v) is 8.97. The van der Waals surface area contributed by atoms with E-state index in [9.17, 15) is 26.7 Å². The van der Waals surface area contributed by atoms with Gasteiger partial charge >= 0.3 is 6.18 Å². The van der Waals surface area contributed by atoms with Crippen LogP contribution in [-0.2, 0) is 24.1 Å². The molecule has 1 amide bonds. The van der Waals surface area contributed by atoms with Gasteiger partial charge in [-0.3, -0.25) is 4.79 Å². The molecule has 0 fully saturated rings. The molecule has 2 heterocycles. The van der Waals surface area contributed by atoms with Gasteiger partial charge in [-0.2, -0.15) is 13.2 Å². The number of hydrogen-bond donors (Lipinski definition) is 1. The number of thiazole rings is 1. The standard InChI is InChI=1S/C17H15F5N2O2S/c18-10-3-9-4-11(7-26-16(9)13(19)5-10)23-14(25)6-12-8-27-15(24-12)1-2-17(20,21)22/h3,5,8,11H,1-2,4,6-7H2,(H,23,25). The van der Waals surface area contributed by atoms with E-state index in [-0.39, 0.29) is 31.6 Å². The van der Waals surface area contributed by atoms with Crippen LogP contribution >= 0.6 is 11.3 Å². The summed E-state index contributed by atoms with van der Waals surface area (Å²) in [7, 11) is 0. The lowest BCUT2D eigenvalue weighted by molar-refractivity contribution is -0.134. The summed E-state index contributed by atoms with van der Waals surface area (Å²) in [5.74, 6) is -1.92. The molecule has 1 aliphatic rings. The minimum atomic E-state index is -4.25. The predicted molar refractivity (Wildman–Crippen MR) is 87.7 cm³/mol. The van der Waals surface area contributed by atoms with Crippen molar-refractivity contribution in [1.82, 2.24) is 10.3 Å². The topological polar surface area (TPSA) is 51.2 Å². The maximum atomic E-state index is 13.6. The second kappa shape index (κ2) is 7.79. The number of carbonyl (C=O) groups excluding carboxylic acids is 1. The Hall–Kier alpha value is -2.23.